The van der Waals surface area contributed by atoms with Gasteiger partial charge in [-0.05, 0) is 14.0 Å². The van der Waals surface area contributed by atoms with E-state index in [1.165, 1.54) is 14.0 Å². The van der Waals surface area contributed by atoms with Crippen LogP contribution < -0.4 is 5.32 Å². The minimum Gasteiger partial charge on any atom is -0.481 e. The van der Waals surface area contributed by atoms with Crippen molar-refractivity contribution in [3.8, 4) is 0 Å². The molecule has 5 nitrogen and oxygen atoms in total. The highest BCUT2D eigenvalue weighted by Gasteiger charge is 2.33. The first-order chi connectivity index (χ1) is 4.92. The van der Waals surface area contributed by atoms with Gasteiger partial charge in [-0.2, -0.15) is 0 Å². The number of carbonyl (C=O) groups is 2. The van der Waals surface area contributed by atoms with Crippen LogP contribution in [0.4, 0.5) is 0 Å². The summed E-state index contributed by atoms with van der Waals surface area (Å²) >= 11 is 0. The summed E-state index contributed by atoms with van der Waals surface area (Å²) < 4.78 is 0. The van der Waals surface area contributed by atoms with Crippen LogP contribution in [0.15, 0.2) is 0 Å². The van der Waals surface area contributed by atoms with Crippen molar-refractivity contribution in [2.24, 2.45) is 0 Å². The Morgan fingerprint density at radius 1 is 1.45 bits per heavy atom. The number of carboxylic acid groups (broad SMARTS) is 2. The molecule has 0 spiro atoms. The largest absolute Gasteiger partial charge is 0.481 e. The fourth-order valence-corrected chi connectivity index (χ4v) is 0.573. The number of nitrogens with one attached hydrogen (secondary N) is 1. The van der Waals surface area contributed by atoms with E-state index >= 15 is 0 Å². The molecule has 0 unspecified atom stereocenters. The van der Waals surface area contributed by atoms with Crippen molar-refractivity contribution in [2.75, 3.05) is 7.05 Å². The summed E-state index contributed by atoms with van der Waals surface area (Å²) in [5.74, 6) is -2.30. The first kappa shape index (κ1) is 9.90. The topological polar surface area (TPSA) is 86.6 Å². The number of likely N-dealkylation sites (N-methyl/N-ethyl adjacent to an activating group) is 1. The Morgan fingerprint density at radius 3 is 2.00 bits per heavy atom. The second kappa shape index (κ2) is 3.34. The lowest BCUT2D eigenvalue weighted by Gasteiger charge is -2.21. The second-order valence-electron chi connectivity index (χ2n) is 2.46. The number of rotatable bonds is 4. The summed E-state index contributed by atoms with van der Waals surface area (Å²) in [6.45, 7) is 1.32. The van der Waals surface area contributed by atoms with E-state index in [0.29, 0.717) is 0 Å². The molecule has 1 atom stereocenters. The van der Waals surface area contributed by atoms with Crippen LogP contribution in [0.1, 0.15) is 13.3 Å². The van der Waals surface area contributed by atoms with E-state index in [4.69, 9.17) is 10.2 Å². The summed E-state index contributed by atoms with van der Waals surface area (Å²) in [6, 6.07) is 0. The molecule has 0 aromatic carbocycles. The first-order valence-electron chi connectivity index (χ1n) is 3.06. The predicted octanol–water partition coefficient (Wildman–Crippen LogP) is -0.476. The molecule has 11 heavy (non-hydrogen) atoms. The third-order valence-electron chi connectivity index (χ3n) is 1.53. The average Bonchev–Trinajstić information content (AvgIpc) is 1.86. The molecule has 0 saturated carbocycles. The third kappa shape index (κ3) is 2.55. The van der Waals surface area contributed by atoms with E-state index in [1.54, 1.807) is 0 Å². The third-order valence-corrected chi connectivity index (χ3v) is 1.53. The Labute approximate surface area is 64.0 Å². The Balaban J connectivity index is 4.34. The average molecular weight is 161 g/mol. The standard InChI is InChI=1S/C6H11NO4/c1-6(7-2,5(10)11)3-4(8)9/h7H,3H2,1-2H3,(H,8,9)(H,10,11)/t6-/m0/s1. The van der Waals surface area contributed by atoms with E-state index < -0.39 is 23.9 Å². The molecular weight excluding hydrogens is 150 g/mol. The van der Waals surface area contributed by atoms with Crippen LogP contribution in [0.5, 0.6) is 0 Å². The van der Waals surface area contributed by atoms with Crippen LogP contribution in [0, 0.1) is 0 Å². The molecule has 0 bridgehead atoms. The van der Waals surface area contributed by atoms with Gasteiger partial charge in [0.05, 0.1) is 6.42 Å². The van der Waals surface area contributed by atoms with Crippen molar-refractivity contribution in [1.82, 2.24) is 5.32 Å². The number of carboxylic acids is 2. The van der Waals surface area contributed by atoms with Gasteiger partial charge in [-0.15, -0.1) is 0 Å². The fraction of sp³-hybridized carbons (Fsp3) is 0.667. The molecule has 0 saturated heterocycles. The van der Waals surface area contributed by atoms with E-state index in [9.17, 15) is 9.59 Å². The molecule has 0 fully saturated rings. The maximum absolute atomic E-state index is 10.5. The molecule has 5 heteroatoms. The van der Waals surface area contributed by atoms with E-state index in [-0.39, 0.29) is 0 Å². The van der Waals surface area contributed by atoms with Crippen LogP contribution in [0.25, 0.3) is 0 Å². The van der Waals surface area contributed by atoms with E-state index in [0.717, 1.165) is 0 Å². The van der Waals surface area contributed by atoms with Gasteiger partial charge in [0.25, 0.3) is 0 Å². The van der Waals surface area contributed by atoms with Gasteiger partial charge in [0.15, 0.2) is 0 Å². The fourth-order valence-electron chi connectivity index (χ4n) is 0.573. The number of aliphatic carboxylic acids is 2. The zero-order valence-corrected chi connectivity index (χ0v) is 6.42. The molecule has 0 aromatic rings. The molecular formula is C6H11NO4. The van der Waals surface area contributed by atoms with Crippen molar-refractivity contribution >= 4 is 11.9 Å². The van der Waals surface area contributed by atoms with Gasteiger partial charge in [-0.25, -0.2) is 0 Å². The zero-order valence-electron chi connectivity index (χ0n) is 6.42. The van der Waals surface area contributed by atoms with Crippen molar-refractivity contribution in [3.63, 3.8) is 0 Å². The molecule has 0 rings (SSSR count). The molecule has 0 aliphatic carbocycles. The van der Waals surface area contributed by atoms with Gasteiger partial charge >= 0.3 is 11.9 Å². The monoisotopic (exact) mass is 161 g/mol. The Hall–Kier alpha value is -1.10. The summed E-state index contributed by atoms with van der Waals surface area (Å²) in [6.07, 6.45) is -0.432. The van der Waals surface area contributed by atoms with Crippen molar-refractivity contribution in [2.45, 2.75) is 18.9 Å². The highest BCUT2D eigenvalue weighted by Crippen LogP contribution is 2.08. The molecule has 64 valence electrons. The molecule has 3 N–H and O–H groups in total. The van der Waals surface area contributed by atoms with Crippen LogP contribution in [-0.2, 0) is 9.59 Å². The Kier molecular flexibility index (Phi) is 3.00. The Morgan fingerprint density at radius 2 is 1.91 bits per heavy atom. The zero-order chi connectivity index (χ0) is 9.07. The second-order valence-corrected chi connectivity index (χ2v) is 2.46. The maximum atomic E-state index is 10.5. The van der Waals surface area contributed by atoms with Crippen molar-refractivity contribution < 1.29 is 19.8 Å². The molecule has 0 aliphatic heterocycles. The van der Waals surface area contributed by atoms with Crippen LogP contribution in [0.2, 0.25) is 0 Å². The minimum atomic E-state index is -1.37. The van der Waals surface area contributed by atoms with Crippen molar-refractivity contribution in [3.05, 3.63) is 0 Å². The van der Waals surface area contributed by atoms with Gasteiger partial charge in [0.2, 0.25) is 0 Å². The van der Waals surface area contributed by atoms with Gasteiger partial charge in [-0.3, -0.25) is 9.59 Å². The molecule has 0 aliphatic rings. The highest BCUT2D eigenvalue weighted by atomic mass is 16.4. The van der Waals surface area contributed by atoms with Crippen molar-refractivity contribution in [1.29, 1.82) is 0 Å². The van der Waals surface area contributed by atoms with Gasteiger partial charge < -0.3 is 15.5 Å². The predicted molar refractivity (Wildman–Crippen MR) is 37.4 cm³/mol. The molecule has 0 radical (unpaired) electrons. The highest BCUT2D eigenvalue weighted by molar-refractivity contribution is 5.84. The summed E-state index contributed by atoms with van der Waals surface area (Å²) in [5, 5.41) is 19.3. The summed E-state index contributed by atoms with van der Waals surface area (Å²) in [4.78, 5) is 20.6. The number of hydrogen-bond donors (Lipinski definition) is 3. The summed E-state index contributed by atoms with van der Waals surface area (Å²) in [5.41, 5.74) is -1.37. The lowest BCUT2D eigenvalue weighted by atomic mass is 9.99. The van der Waals surface area contributed by atoms with Crippen LogP contribution >= 0.6 is 0 Å². The minimum absolute atomic E-state index is 0.432. The normalized spacial score (nSPS) is 15.5. The van der Waals surface area contributed by atoms with E-state index in [2.05, 4.69) is 5.32 Å². The smallest absolute Gasteiger partial charge is 0.324 e. The molecule has 0 amide bonds. The van der Waals surface area contributed by atoms with Crippen LogP contribution in [-0.4, -0.2) is 34.7 Å². The SMILES string of the molecule is CN[C@@](C)(CC(=O)O)C(=O)O. The van der Waals surface area contributed by atoms with E-state index in [1.807, 2.05) is 0 Å². The first-order valence-corrected chi connectivity index (χ1v) is 3.06. The summed E-state index contributed by atoms with van der Waals surface area (Å²) in [7, 11) is 1.41. The lowest BCUT2D eigenvalue weighted by Crippen LogP contribution is -2.49. The van der Waals surface area contributed by atoms with Gasteiger partial charge in [0, 0.05) is 0 Å². The quantitative estimate of drug-likeness (QED) is 0.518. The van der Waals surface area contributed by atoms with Gasteiger partial charge in [-0.1, -0.05) is 0 Å². The Bertz CT molecular complexity index is 179. The van der Waals surface area contributed by atoms with Crippen LogP contribution in [0.3, 0.4) is 0 Å². The molecule has 0 heterocycles. The lowest BCUT2D eigenvalue weighted by molar-refractivity contribution is -0.150. The number of hydrogen-bond acceptors (Lipinski definition) is 3. The molecule has 0 aromatic heterocycles. The maximum Gasteiger partial charge on any atom is 0.324 e. The van der Waals surface area contributed by atoms with Gasteiger partial charge in [0.1, 0.15) is 5.54 Å².